The van der Waals surface area contributed by atoms with Crippen LogP contribution in [0.15, 0.2) is 47.4 Å². The van der Waals surface area contributed by atoms with Crippen LogP contribution in [0.5, 0.6) is 23.0 Å². The van der Waals surface area contributed by atoms with Crippen molar-refractivity contribution in [1.82, 2.24) is 9.55 Å². The minimum atomic E-state index is -0.328. The van der Waals surface area contributed by atoms with Crippen LogP contribution in [-0.4, -0.2) is 41.8 Å². The van der Waals surface area contributed by atoms with E-state index in [1.54, 1.807) is 35.2 Å². The predicted molar refractivity (Wildman–Crippen MR) is 109 cm³/mol. The lowest BCUT2D eigenvalue weighted by atomic mass is 9.98. The Balaban J connectivity index is 2.01. The summed E-state index contributed by atoms with van der Waals surface area (Å²) in [6.45, 7) is 1.85. The first-order valence-electron chi connectivity index (χ1n) is 9.08. The van der Waals surface area contributed by atoms with Gasteiger partial charge in [0.05, 0.1) is 26.9 Å². The van der Waals surface area contributed by atoms with E-state index >= 15 is 0 Å². The highest BCUT2D eigenvalue weighted by atomic mass is 16.5. The van der Waals surface area contributed by atoms with E-state index in [4.69, 9.17) is 18.6 Å². The number of carbonyl (C=O) groups is 1. The summed E-state index contributed by atoms with van der Waals surface area (Å²) in [5.74, 6) is 0.975. The lowest BCUT2D eigenvalue weighted by Gasteiger charge is -2.14. The fourth-order valence-electron chi connectivity index (χ4n) is 3.47. The summed E-state index contributed by atoms with van der Waals surface area (Å²) in [5.41, 5.74) is 1.63. The van der Waals surface area contributed by atoms with E-state index in [0.29, 0.717) is 33.8 Å². The third kappa shape index (κ3) is 2.93. The number of ketones is 1. The molecule has 0 saturated carbocycles. The van der Waals surface area contributed by atoms with Gasteiger partial charge in [-0.2, -0.15) is 0 Å². The average Bonchev–Trinajstić information content (AvgIpc) is 3.43. The highest BCUT2D eigenvalue weighted by molar-refractivity contribution is 6.19. The Morgan fingerprint density at radius 2 is 1.80 bits per heavy atom. The zero-order valence-corrected chi connectivity index (χ0v) is 16.9. The van der Waals surface area contributed by atoms with Crippen LogP contribution in [0.3, 0.4) is 0 Å². The van der Waals surface area contributed by atoms with Crippen molar-refractivity contribution in [2.24, 2.45) is 0 Å². The summed E-state index contributed by atoms with van der Waals surface area (Å²) in [6, 6.07) is 6.43. The molecule has 2 aromatic heterocycles. The second-order valence-electron chi connectivity index (χ2n) is 6.60. The van der Waals surface area contributed by atoms with Crippen molar-refractivity contribution in [2.75, 3.05) is 21.3 Å². The number of fused-ring (bicyclic) bond motifs is 1. The largest absolute Gasteiger partial charge is 0.504 e. The van der Waals surface area contributed by atoms with Crippen molar-refractivity contribution in [2.45, 2.75) is 6.92 Å². The molecule has 30 heavy (non-hydrogen) atoms. The first kappa shape index (κ1) is 19.4. The van der Waals surface area contributed by atoms with Gasteiger partial charge in [-0.3, -0.25) is 9.36 Å². The van der Waals surface area contributed by atoms with E-state index in [-0.39, 0.29) is 23.0 Å². The Morgan fingerprint density at radius 3 is 2.37 bits per heavy atom. The number of benzene rings is 2. The fraction of sp³-hybridized carbons (Fsp3) is 0.182. The molecule has 0 unspecified atom stereocenters. The lowest BCUT2D eigenvalue weighted by Crippen LogP contribution is -2.07. The second kappa shape index (κ2) is 7.47. The molecule has 0 bridgehead atoms. The van der Waals surface area contributed by atoms with Gasteiger partial charge in [-0.05, 0) is 30.7 Å². The van der Waals surface area contributed by atoms with Crippen molar-refractivity contribution in [3.63, 3.8) is 0 Å². The number of rotatable bonds is 6. The topological polar surface area (TPSA) is 96.0 Å². The molecule has 4 aromatic rings. The van der Waals surface area contributed by atoms with Gasteiger partial charge in [-0.1, -0.05) is 6.07 Å². The van der Waals surface area contributed by atoms with Crippen LogP contribution >= 0.6 is 0 Å². The quantitative estimate of drug-likeness (QED) is 0.484. The van der Waals surface area contributed by atoms with E-state index < -0.39 is 0 Å². The third-order valence-electron chi connectivity index (χ3n) is 4.90. The number of aromatic nitrogens is 2. The van der Waals surface area contributed by atoms with Crippen LogP contribution in [0.25, 0.3) is 16.9 Å². The zero-order chi connectivity index (χ0) is 21.4. The summed E-state index contributed by atoms with van der Waals surface area (Å²) in [5, 5.41) is 10.9. The lowest BCUT2D eigenvalue weighted by molar-refractivity contribution is 0.103. The van der Waals surface area contributed by atoms with Gasteiger partial charge in [0, 0.05) is 23.3 Å². The molecule has 2 aromatic carbocycles. The molecule has 8 heteroatoms. The van der Waals surface area contributed by atoms with Crippen LogP contribution in [0, 0.1) is 6.92 Å². The molecule has 0 atom stereocenters. The zero-order valence-electron chi connectivity index (χ0n) is 16.9. The molecule has 0 aliphatic heterocycles. The molecule has 0 saturated heterocycles. The maximum Gasteiger partial charge on any atom is 0.217 e. The number of aryl methyl sites for hydroxylation is 1. The van der Waals surface area contributed by atoms with Crippen LogP contribution in [-0.2, 0) is 0 Å². The summed E-state index contributed by atoms with van der Waals surface area (Å²) in [6.07, 6.45) is 4.76. The van der Waals surface area contributed by atoms with Gasteiger partial charge in [0.1, 0.15) is 6.33 Å². The van der Waals surface area contributed by atoms with E-state index in [1.165, 1.54) is 33.7 Å². The number of imidazole rings is 1. The molecule has 4 rings (SSSR count). The van der Waals surface area contributed by atoms with Gasteiger partial charge < -0.3 is 23.7 Å². The molecular weight excluding hydrogens is 388 g/mol. The van der Waals surface area contributed by atoms with Gasteiger partial charge in [0.2, 0.25) is 11.6 Å². The first-order valence-corrected chi connectivity index (χ1v) is 9.08. The molecule has 1 N–H and O–H groups in total. The fourth-order valence-corrected chi connectivity index (χ4v) is 3.47. The van der Waals surface area contributed by atoms with Crippen molar-refractivity contribution in [1.29, 1.82) is 0 Å². The number of methoxy groups -OCH3 is 3. The SMILES string of the molecule is COc1cc(C(=O)c2c(-n3ccnc3)oc3c(O)ccc(C)c23)cc(OC)c1OC. The van der Waals surface area contributed by atoms with Gasteiger partial charge in [-0.25, -0.2) is 4.98 Å². The van der Waals surface area contributed by atoms with E-state index in [0.717, 1.165) is 5.56 Å². The number of hydrogen-bond acceptors (Lipinski definition) is 7. The Labute approximate surface area is 172 Å². The number of aromatic hydroxyl groups is 1. The monoisotopic (exact) mass is 408 g/mol. The standard InChI is InChI=1S/C22H20N2O6/c1-12-5-6-14(25)20-17(12)18(22(30-20)24-8-7-23-11-24)19(26)13-9-15(27-2)21(29-4)16(10-13)28-3/h5-11,25H,1-4H3. The van der Waals surface area contributed by atoms with Crippen molar-refractivity contribution < 1.29 is 28.5 Å². The molecule has 2 heterocycles. The van der Waals surface area contributed by atoms with Gasteiger partial charge in [0.25, 0.3) is 0 Å². The molecule has 154 valence electrons. The number of phenols is 1. The summed E-state index contributed by atoms with van der Waals surface area (Å²) in [7, 11) is 4.46. The molecule has 0 spiro atoms. The second-order valence-corrected chi connectivity index (χ2v) is 6.60. The Bertz CT molecular complexity index is 1220. The van der Waals surface area contributed by atoms with Gasteiger partial charge in [0.15, 0.2) is 28.6 Å². The molecule has 8 nitrogen and oxygen atoms in total. The van der Waals surface area contributed by atoms with Crippen LogP contribution in [0.1, 0.15) is 21.5 Å². The smallest absolute Gasteiger partial charge is 0.217 e. The number of phenolic OH excluding ortho intramolecular Hbond substituents is 1. The van der Waals surface area contributed by atoms with Crippen LogP contribution < -0.4 is 14.2 Å². The number of nitrogens with zero attached hydrogens (tertiary/aromatic N) is 2. The average molecular weight is 408 g/mol. The number of hydrogen-bond donors (Lipinski definition) is 1. The maximum absolute atomic E-state index is 13.7. The maximum atomic E-state index is 13.7. The first-order chi connectivity index (χ1) is 14.5. The van der Waals surface area contributed by atoms with E-state index in [1.807, 2.05) is 6.92 Å². The molecule has 0 radical (unpaired) electrons. The highest BCUT2D eigenvalue weighted by Crippen LogP contribution is 2.41. The Kier molecular flexibility index (Phi) is 4.83. The molecule has 0 aliphatic rings. The summed E-state index contributed by atoms with van der Waals surface area (Å²) in [4.78, 5) is 17.7. The van der Waals surface area contributed by atoms with Gasteiger partial charge in [-0.15, -0.1) is 0 Å². The van der Waals surface area contributed by atoms with Crippen molar-refractivity contribution in [3.05, 3.63) is 59.7 Å². The highest BCUT2D eigenvalue weighted by Gasteiger charge is 2.28. The van der Waals surface area contributed by atoms with Crippen LogP contribution in [0.4, 0.5) is 0 Å². The minimum Gasteiger partial charge on any atom is -0.504 e. The summed E-state index contributed by atoms with van der Waals surface area (Å²) < 4.78 is 23.6. The van der Waals surface area contributed by atoms with Gasteiger partial charge >= 0.3 is 0 Å². The van der Waals surface area contributed by atoms with Crippen molar-refractivity contribution in [3.8, 4) is 28.9 Å². The Morgan fingerprint density at radius 1 is 1.10 bits per heavy atom. The minimum absolute atomic E-state index is 0.0547. The van der Waals surface area contributed by atoms with E-state index in [2.05, 4.69) is 4.98 Å². The summed E-state index contributed by atoms with van der Waals surface area (Å²) >= 11 is 0. The number of ether oxygens (including phenoxy) is 3. The van der Waals surface area contributed by atoms with Crippen LogP contribution in [0.2, 0.25) is 0 Å². The molecule has 0 aliphatic carbocycles. The number of carbonyl (C=O) groups excluding carboxylic acids is 1. The normalized spacial score (nSPS) is 10.9. The predicted octanol–water partition coefficient (Wildman–Crippen LogP) is 3.89. The molecule has 0 amide bonds. The van der Waals surface area contributed by atoms with E-state index in [9.17, 15) is 9.90 Å². The third-order valence-corrected chi connectivity index (χ3v) is 4.90. The Hall–Kier alpha value is -3.94. The molecule has 0 fully saturated rings. The van der Waals surface area contributed by atoms with Crippen molar-refractivity contribution >= 4 is 16.8 Å². The molecular formula is C22H20N2O6. The number of furan rings is 1.